The maximum Gasteiger partial charge on any atom is 0.300 e. The summed E-state index contributed by atoms with van der Waals surface area (Å²) >= 11 is 0. The Morgan fingerprint density at radius 2 is 1.78 bits per heavy atom. The van der Waals surface area contributed by atoms with E-state index in [1.165, 1.54) is 29.2 Å². The van der Waals surface area contributed by atoms with Crippen LogP contribution in [0.3, 0.4) is 0 Å². The van der Waals surface area contributed by atoms with Crippen LogP contribution in [-0.4, -0.2) is 33.5 Å². The summed E-state index contributed by atoms with van der Waals surface area (Å²) in [4.78, 5) is 41.7. The fraction of sp³-hybridized carbons (Fsp3) is 0.0769. The van der Waals surface area contributed by atoms with Gasteiger partial charge in [0.25, 0.3) is 17.4 Å². The van der Waals surface area contributed by atoms with Gasteiger partial charge >= 0.3 is 0 Å². The number of non-ortho nitro benzene ring substituents is 1. The Morgan fingerprint density at radius 3 is 2.56 bits per heavy atom. The predicted octanol–water partition coefficient (Wildman–Crippen LogP) is 4.43. The Hall–Kier alpha value is -5.12. The minimum absolute atomic E-state index is 0.0453. The average molecular weight is 483 g/mol. The van der Waals surface area contributed by atoms with Gasteiger partial charge in [-0.1, -0.05) is 18.2 Å². The van der Waals surface area contributed by atoms with E-state index in [1.54, 1.807) is 24.4 Å². The number of nitro benzene ring substituents is 1. The molecule has 10 heteroatoms. The number of nitrogens with one attached hydrogen (secondary N) is 1. The number of carbonyl (C=O) groups is 2. The summed E-state index contributed by atoms with van der Waals surface area (Å²) in [6.07, 6.45) is 1.70. The summed E-state index contributed by atoms with van der Waals surface area (Å²) in [5.41, 5.74) is 1.66. The van der Waals surface area contributed by atoms with Gasteiger partial charge in [-0.25, -0.2) is 0 Å². The van der Waals surface area contributed by atoms with E-state index in [9.17, 15) is 24.8 Å². The number of Topliss-reactive ketones (excluding diaryl/α,β-unsaturated/α-hetero) is 1. The van der Waals surface area contributed by atoms with Crippen LogP contribution >= 0.6 is 0 Å². The zero-order valence-electron chi connectivity index (χ0n) is 18.5. The van der Waals surface area contributed by atoms with E-state index in [2.05, 4.69) is 4.98 Å². The van der Waals surface area contributed by atoms with Crippen LogP contribution < -0.4 is 14.4 Å². The number of aromatic amines is 1. The standard InChI is InChI=1S/C26H17N3O7/c30-24(14-5-7-15(8-6-14)29(33)34)22-23(18-12-27-19-4-2-1-3-17(18)19)28(26(32)25(22)31)16-9-10-20-21(11-16)36-13-35-20/h1-12,23,27,30H,13H2/b24-22+. The molecule has 36 heavy (non-hydrogen) atoms. The highest BCUT2D eigenvalue weighted by molar-refractivity contribution is 6.52. The molecule has 2 aliphatic rings. The highest BCUT2D eigenvalue weighted by atomic mass is 16.7. The minimum Gasteiger partial charge on any atom is -0.507 e. The molecular formula is C26H17N3O7. The molecule has 6 rings (SSSR count). The second kappa shape index (κ2) is 7.98. The zero-order chi connectivity index (χ0) is 25.0. The van der Waals surface area contributed by atoms with E-state index in [1.807, 2.05) is 24.3 Å². The van der Waals surface area contributed by atoms with Crippen molar-refractivity contribution in [3.8, 4) is 11.5 Å². The first-order chi connectivity index (χ1) is 17.4. The van der Waals surface area contributed by atoms with Gasteiger partial charge in [0, 0.05) is 52.1 Å². The first-order valence-electron chi connectivity index (χ1n) is 11.0. The number of fused-ring (bicyclic) bond motifs is 2. The number of hydrogen-bond donors (Lipinski definition) is 2. The van der Waals surface area contributed by atoms with Crippen LogP contribution in [0.1, 0.15) is 17.2 Å². The predicted molar refractivity (Wildman–Crippen MR) is 129 cm³/mol. The molecule has 3 aromatic carbocycles. The lowest BCUT2D eigenvalue weighted by Gasteiger charge is -2.25. The Morgan fingerprint density at radius 1 is 1.03 bits per heavy atom. The van der Waals surface area contributed by atoms with Crippen molar-refractivity contribution in [3.63, 3.8) is 0 Å². The lowest BCUT2D eigenvalue weighted by molar-refractivity contribution is -0.384. The second-order valence-electron chi connectivity index (χ2n) is 8.30. The molecule has 4 aromatic rings. The number of amides is 1. The van der Waals surface area contributed by atoms with Crippen LogP contribution in [0.25, 0.3) is 16.7 Å². The topological polar surface area (TPSA) is 135 Å². The molecule has 0 aliphatic carbocycles. The molecule has 0 spiro atoms. The van der Waals surface area contributed by atoms with E-state index in [-0.39, 0.29) is 23.6 Å². The summed E-state index contributed by atoms with van der Waals surface area (Å²) in [7, 11) is 0. The normalized spacial score (nSPS) is 18.2. The molecule has 10 nitrogen and oxygen atoms in total. The highest BCUT2D eigenvalue weighted by Crippen LogP contribution is 2.46. The van der Waals surface area contributed by atoms with Crippen molar-refractivity contribution in [2.45, 2.75) is 6.04 Å². The number of ether oxygens (including phenoxy) is 2. The molecular weight excluding hydrogens is 466 g/mol. The SMILES string of the molecule is O=C1C(=O)N(c2ccc3c(c2)OCO3)C(c2c[nH]c3ccccc23)/C1=C(\O)c1ccc([N+](=O)[O-])cc1. The monoisotopic (exact) mass is 483 g/mol. The van der Waals surface area contributed by atoms with Gasteiger partial charge < -0.3 is 19.6 Å². The van der Waals surface area contributed by atoms with E-state index < -0.39 is 28.4 Å². The fourth-order valence-electron chi connectivity index (χ4n) is 4.64. The number of para-hydroxylation sites is 1. The van der Waals surface area contributed by atoms with Crippen LogP contribution in [0.4, 0.5) is 11.4 Å². The lowest BCUT2D eigenvalue weighted by atomic mass is 9.94. The van der Waals surface area contributed by atoms with Crippen LogP contribution in [0.5, 0.6) is 11.5 Å². The largest absolute Gasteiger partial charge is 0.507 e. The number of hydrogen-bond acceptors (Lipinski definition) is 7. The highest BCUT2D eigenvalue weighted by Gasteiger charge is 2.48. The Bertz CT molecular complexity index is 1600. The summed E-state index contributed by atoms with van der Waals surface area (Å²) < 4.78 is 10.8. The molecule has 178 valence electrons. The quantitative estimate of drug-likeness (QED) is 0.144. The van der Waals surface area contributed by atoms with Crippen LogP contribution in [0.15, 0.2) is 78.5 Å². The van der Waals surface area contributed by atoms with Crippen molar-refractivity contribution in [2.75, 3.05) is 11.7 Å². The Balaban J connectivity index is 1.57. The molecule has 1 aromatic heterocycles. The van der Waals surface area contributed by atoms with Gasteiger partial charge in [0.15, 0.2) is 11.5 Å². The number of benzene rings is 3. The van der Waals surface area contributed by atoms with Crippen molar-refractivity contribution in [1.29, 1.82) is 0 Å². The number of nitro groups is 1. The van der Waals surface area contributed by atoms with E-state index in [0.29, 0.717) is 22.7 Å². The molecule has 1 atom stereocenters. The van der Waals surface area contributed by atoms with Crippen molar-refractivity contribution in [2.24, 2.45) is 0 Å². The maximum atomic E-state index is 13.4. The third kappa shape index (κ3) is 3.19. The Kier molecular flexibility index (Phi) is 4.75. The van der Waals surface area contributed by atoms with Crippen molar-refractivity contribution >= 4 is 39.7 Å². The Labute approximate surface area is 203 Å². The molecule has 0 saturated carbocycles. The summed E-state index contributed by atoms with van der Waals surface area (Å²) in [5.74, 6) is -1.18. The molecule has 1 unspecified atom stereocenters. The van der Waals surface area contributed by atoms with Crippen molar-refractivity contribution < 1.29 is 29.1 Å². The average Bonchev–Trinajstić information content (AvgIpc) is 3.60. The van der Waals surface area contributed by atoms with Gasteiger partial charge in [0.2, 0.25) is 6.79 Å². The van der Waals surface area contributed by atoms with Gasteiger partial charge in [-0.2, -0.15) is 0 Å². The lowest BCUT2D eigenvalue weighted by Crippen LogP contribution is -2.29. The fourth-order valence-corrected chi connectivity index (χ4v) is 4.64. The molecule has 2 N–H and O–H groups in total. The van der Waals surface area contributed by atoms with Gasteiger partial charge in [-0.3, -0.25) is 24.6 Å². The number of aromatic nitrogens is 1. The molecule has 2 aliphatic heterocycles. The number of aliphatic hydroxyl groups is 1. The summed E-state index contributed by atoms with van der Waals surface area (Å²) in [6, 6.07) is 16.5. The number of aliphatic hydroxyl groups excluding tert-OH is 1. The van der Waals surface area contributed by atoms with Gasteiger partial charge in [-0.15, -0.1) is 0 Å². The zero-order valence-corrected chi connectivity index (χ0v) is 18.5. The van der Waals surface area contributed by atoms with E-state index in [0.717, 1.165) is 10.9 Å². The van der Waals surface area contributed by atoms with Crippen LogP contribution in [-0.2, 0) is 9.59 Å². The molecule has 0 bridgehead atoms. The first kappa shape index (κ1) is 21.4. The van der Waals surface area contributed by atoms with Crippen LogP contribution in [0.2, 0.25) is 0 Å². The van der Waals surface area contributed by atoms with Gasteiger partial charge in [-0.05, 0) is 30.3 Å². The van der Waals surface area contributed by atoms with E-state index in [4.69, 9.17) is 9.47 Å². The van der Waals surface area contributed by atoms with Gasteiger partial charge in [0.05, 0.1) is 16.5 Å². The molecule has 1 amide bonds. The summed E-state index contributed by atoms with van der Waals surface area (Å²) in [6.45, 7) is 0.0453. The summed E-state index contributed by atoms with van der Waals surface area (Å²) in [5, 5.41) is 23.1. The third-order valence-electron chi connectivity index (χ3n) is 6.35. The number of anilines is 1. The molecule has 0 radical (unpaired) electrons. The second-order valence-corrected chi connectivity index (χ2v) is 8.30. The molecule has 1 saturated heterocycles. The molecule has 1 fully saturated rings. The maximum absolute atomic E-state index is 13.4. The van der Waals surface area contributed by atoms with Crippen LogP contribution in [0, 0.1) is 10.1 Å². The number of rotatable bonds is 4. The number of carbonyl (C=O) groups excluding carboxylic acids is 2. The first-order valence-corrected chi connectivity index (χ1v) is 11.0. The van der Waals surface area contributed by atoms with Crippen molar-refractivity contribution in [1.82, 2.24) is 4.98 Å². The van der Waals surface area contributed by atoms with E-state index >= 15 is 0 Å². The third-order valence-corrected chi connectivity index (χ3v) is 6.35. The number of H-pyrrole nitrogens is 1. The number of ketones is 1. The smallest absolute Gasteiger partial charge is 0.300 e. The molecule has 3 heterocycles. The minimum atomic E-state index is -0.975. The van der Waals surface area contributed by atoms with Crippen molar-refractivity contribution in [3.05, 3.63) is 99.7 Å². The number of nitrogens with zero attached hydrogens (tertiary/aromatic N) is 2. The van der Waals surface area contributed by atoms with Gasteiger partial charge in [0.1, 0.15) is 5.76 Å².